The smallest absolute Gasteiger partial charge is 0.0833 e. The molecule has 1 aromatic heterocycles. The van der Waals surface area contributed by atoms with E-state index in [1.165, 1.54) is 0 Å². The highest BCUT2D eigenvalue weighted by molar-refractivity contribution is 5.16. The van der Waals surface area contributed by atoms with Gasteiger partial charge in [0.25, 0.3) is 0 Å². The average molecular weight is 221 g/mol. The van der Waals surface area contributed by atoms with Crippen LogP contribution in [0.3, 0.4) is 0 Å². The van der Waals surface area contributed by atoms with Crippen molar-refractivity contribution in [3.63, 3.8) is 0 Å². The molecule has 0 aliphatic carbocycles. The number of aromatic nitrogens is 1. The molecule has 1 unspecified atom stereocenters. The standard InChI is InChI=1S/C14H23NO/c1-4-6-12(7-5-2)14(16)13-9-8-11(3)15-10-13/h8-10,12,14,16H,4-7H2,1-3H3. The van der Waals surface area contributed by atoms with Gasteiger partial charge in [0.15, 0.2) is 0 Å². The lowest BCUT2D eigenvalue weighted by Gasteiger charge is -2.22. The van der Waals surface area contributed by atoms with Gasteiger partial charge in [-0.1, -0.05) is 32.8 Å². The molecule has 1 aromatic rings. The average Bonchev–Trinajstić information content (AvgIpc) is 2.29. The molecule has 1 atom stereocenters. The number of rotatable bonds is 6. The van der Waals surface area contributed by atoms with Gasteiger partial charge >= 0.3 is 0 Å². The van der Waals surface area contributed by atoms with E-state index in [-0.39, 0.29) is 6.10 Å². The third-order valence-corrected chi connectivity index (χ3v) is 3.04. The maximum absolute atomic E-state index is 10.3. The highest BCUT2D eigenvalue weighted by Gasteiger charge is 2.19. The number of pyridine rings is 1. The number of aryl methyl sites for hydroxylation is 1. The molecule has 0 amide bonds. The molecular formula is C14H23NO. The second-order valence-electron chi connectivity index (χ2n) is 4.52. The van der Waals surface area contributed by atoms with Crippen LogP contribution < -0.4 is 0 Å². The van der Waals surface area contributed by atoms with Crippen LogP contribution in [0.5, 0.6) is 0 Å². The Morgan fingerprint density at radius 3 is 2.25 bits per heavy atom. The molecule has 0 saturated heterocycles. The van der Waals surface area contributed by atoms with Crippen LogP contribution in [-0.2, 0) is 0 Å². The fourth-order valence-corrected chi connectivity index (χ4v) is 2.13. The Bertz CT molecular complexity index is 288. The fourth-order valence-electron chi connectivity index (χ4n) is 2.13. The lowest BCUT2D eigenvalue weighted by Crippen LogP contribution is -2.12. The topological polar surface area (TPSA) is 33.1 Å². The number of aliphatic hydroxyl groups excluding tert-OH is 1. The zero-order valence-corrected chi connectivity index (χ0v) is 10.6. The van der Waals surface area contributed by atoms with E-state index in [0.717, 1.165) is 36.9 Å². The number of aliphatic hydroxyl groups is 1. The summed E-state index contributed by atoms with van der Waals surface area (Å²) in [6.45, 7) is 6.30. The van der Waals surface area contributed by atoms with E-state index in [9.17, 15) is 5.11 Å². The lowest BCUT2D eigenvalue weighted by molar-refractivity contribution is 0.0961. The van der Waals surface area contributed by atoms with Crippen molar-refractivity contribution in [1.29, 1.82) is 0 Å². The Hall–Kier alpha value is -0.890. The molecule has 0 bridgehead atoms. The first kappa shape index (κ1) is 13.2. The van der Waals surface area contributed by atoms with Crippen LogP contribution in [-0.4, -0.2) is 10.1 Å². The molecule has 1 N–H and O–H groups in total. The van der Waals surface area contributed by atoms with Gasteiger partial charge in [-0.25, -0.2) is 0 Å². The van der Waals surface area contributed by atoms with Crippen LogP contribution in [0.15, 0.2) is 18.3 Å². The van der Waals surface area contributed by atoms with Crippen molar-refractivity contribution >= 4 is 0 Å². The molecule has 0 aliphatic rings. The largest absolute Gasteiger partial charge is 0.388 e. The normalized spacial score (nSPS) is 13.1. The van der Waals surface area contributed by atoms with Crippen LogP contribution in [0.25, 0.3) is 0 Å². The minimum absolute atomic E-state index is 0.354. The number of nitrogens with zero attached hydrogens (tertiary/aromatic N) is 1. The van der Waals surface area contributed by atoms with Gasteiger partial charge in [-0.3, -0.25) is 4.98 Å². The first-order valence-corrected chi connectivity index (χ1v) is 6.29. The molecule has 0 spiro atoms. The summed E-state index contributed by atoms with van der Waals surface area (Å²) in [5, 5.41) is 10.3. The maximum atomic E-state index is 10.3. The van der Waals surface area contributed by atoms with E-state index in [1.807, 2.05) is 19.1 Å². The van der Waals surface area contributed by atoms with Crippen molar-refractivity contribution in [2.75, 3.05) is 0 Å². The van der Waals surface area contributed by atoms with Crippen molar-refractivity contribution in [2.24, 2.45) is 5.92 Å². The summed E-state index contributed by atoms with van der Waals surface area (Å²) in [5.41, 5.74) is 1.95. The quantitative estimate of drug-likeness (QED) is 0.795. The Morgan fingerprint density at radius 2 is 1.81 bits per heavy atom. The molecule has 2 heteroatoms. The van der Waals surface area contributed by atoms with Crippen molar-refractivity contribution < 1.29 is 5.11 Å². The van der Waals surface area contributed by atoms with Gasteiger partial charge in [-0.05, 0) is 37.3 Å². The number of hydrogen-bond donors (Lipinski definition) is 1. The fraction of sp³-hybridized carbons (Fsp3) is 0.643. The van der Waals surface area contributed by atoms with Crippen molar-refractivity contribution in [3.8, 4) is 0 Å². The SMILES string of the molecule is CCCC(CCC)C(O)c1ccc(C)nc1. The van der Waals surface area contributed by atoms with Gasteiger partial charge in [0.05, 0.1) is 6.10 Å². The first-order valence-electron chi connectivity index (χ1n) is 6.29. The summed E-state index contributed by atoms with van der Waals surface area (Å²) >= 11 is 0. The van der Waals surface area contributed by atoms with Gasteiger partial charge in [-0.15, -0.1) is 0 Å². The van der Waals surface area contributed by atoms with Crippen molar-refractivity contribution in [2.45, 2.75) is 52.6 Å². The van der Waals surface area contributed by atoms with Crippen molar-refractivity contribution in [3.05, 3.63) is 29.6 Å². The molecule has 16 heavy (non-hydrogen) atoms. The predicted octanol–water partition coefficient (Wildman–Crippen LogP) is 3.64. The second-order valence-corrected chi connectivity index (χ2v) is 4.52. The Balaban J connectivity index is 2.72. The van der Waals surface area contributed by atoms with Crippen LogP contribution >= 0.6 is 0 Å². The Labute approximate surface area is 98.7 Å². The first-order chi connectivity index (χ1) is 7.69. The molecule has 1 heterocycles. The van der Waals surface area contributed by atoms with E-state index in [0.29, 0.717) is 5.92 Å². The Morgan fingerprint density at radius 1 is 1.19 bits per heavy atom. The summed E-state index contributed by atoms with van der Waals surface area (Å²) in [6, 6.07) is 3.96. The summed E-state index contributed by atoms with van der Waals surface area (Å²) in [4.78, 5) is 4.24. The number of hydrogen-bond acceptors (Lipinski definition) is 2. The van der Waals surface area contributed by atoms with E-state index < -0.39 is 0 Å². The third kappa shape index (κ3) is 3.60. The monoisotopic (exact) mass is 221 g/mol. The van der Waals surface area contributed by atoms with E-state index in [4.69, 9.17) is 0 Å². The molecule has 1 rings (SSSR count). The van der Waals surface area contributed by atoms with Crippen LogP contribution in [0, 0.1) is 12.8 Å². The molecule has 0 aliphatic heterocycles. The van der Waals surface area contributed by atoms with Gasteiger partial charge in [0.1, 0.15) is 0 Å². The van der Waals surface area contributed by atoms with Gasteiger partial charge in [0, 0.05) is 11.9 Å². The minimum Gasteiger partial charge on any atom is -0.388 e. The molecule has 0 aromatic carbocycles. The highest BCUT2D eigenvalue weighted by Crippen LogP contribution is 2.29. The van der Waals surface area contributed by atoms with Crippen LogP contribution in [0.2, 0.25) is 0 Å². The van der Waals surface area contributed by atoms with Crippen LogP contribution in [0.1, 0.15) is 56.9 Å². The Kier molecular flexibility index (Phi) is 5.47. The minimum atomic E-state index is -0.354. The highest BCUT2D eigenvalue weighted by atomic mass is 16.3. The summed E-state index contributed by atoms with van der Waals surface area (Å²) in [6.07, 6.45) is 5.87. The zero-order valence-electron chi connectivity index (χ0n) is 10.6. The van der Waals surface area contributed by atoms with E-state index in [2.05, 4.69) is 18.8 Å². The second kappa shape index (κ2) is 6.64. The van der Waals surface area contributed by atoms with Gasteiger partial charge < -0.3 is 5.11 Å². The molecule has 2 nitrogen and oxygen atoms in total. The third-order valence-electron chi connectivity index (χ3n) is 3.04. The van der Waals surface area contributed by atoms with E-state index >= 15 is 0 Å². The zero-order chi connectivity index (χ0) is 12.0. The van der Waals surface area contributed by atoms with Crippen molar-refractivity contribution in [1.82, 2.24) is 4.98 Å². The summed E-state index contributed by atoms with van der Waals surface area (Å²) in [5.74, 6) is 0.375. The van der Waals surface area contributed by atoms with E-state index in [1.54, 1.807) is 6.20 Å². The molecule has 0 saturated carbocycles. The summed E-state index contributed by atoms with van der Waals surface area (Å²) in [7, 11) is 0. The van der Waals surface area contributed by atoms with Crippen LogP contribution in [0.4, 0.5) is 0 Å². The summed E-state index contributed by atoms with van der Waals surface area (Å²) < 4.78 is 0. The molecule has 90 valence electrons. The lowest BCUT2D eigenvalue weighted by atomic mass is 9.89. The molecule has 0 fully saturated rings. The predicted molar refractivity (Wildman–Crippen MR) is 67.2 cm³/mol. The molecule has 0 radical (unpaired) electrons. The molecular weight excluding hydrogens is 198 g/mol. The maximum Gasteiger partial charge on any atom is 0.0833 e. The van der Waals surface area contributed by atoms with Gasteiger partial charge in [-0.2, -0.15) is 0 Å². The van der Waals surface area contributed by atoms with Gasteiger partial charge in [0.2, 0.25) is 0 Å².